The number of rotatable bonds is 3. The minimum atomic E-state index is -0.222. The fourth-order valence-electron chi connectivity index (χ4n) is 2.55. The van der Waals surface area contributed by atoms with Crippen molar-refractivity contribution >= 4 is 0 Å². The smallest absolute Gasteiger partial charge is 0.126 e. The van der Waals surface area contributed by atoms with Gasteiger partial charge in [-0.15, -0.1) is 0 Å². The summed E-state index contributed by atoms with van der Waals surface area (Å²) >= 11 is 0. The van der Waals surface area contributed by atoms with Crippen molar-refractivity contribution in [3.63, 3.8) is 0 Å². The molecule has 0 aromatic heterocycles. The van der Waals surface area contributed by atoms with Crippen LogP contribution in [0.3, 0.4) is 0 Å². The third-order valence-electron chi connectivity index (χ3n) is 4.14. The maximum absolute atomic E-state index is 13.7. The SMILES string of the molecule is Cc1ccc(C(N)C(C)(C)N2CCOCC2)cc1F. The molecule has 1 unspecified atom stereocenters. The van der Waals surface area contributed by atoms with Crippen LogP contribution in [0.4, 0.5) is 4.39 Å². The number of halogens is 1. The third-order valence-corrected chi connectivity index (χ3v) is 4.14. The molecule has 0 saturated carbocycles. The summed E-state index contributed by atoms with van der Waals surface area (Å²) in [6.45, 7) is 9.19. The first-order valence-corrected chi connectivity index (χ1v) is 6.77. The molecule has 2 N–H and O–H groups in total. The van der Waals surface area contributed by atoms with Gasteiger partial charge in [-0.25, -0.2) is 4.39 Å². The van der Waals surface area contributed by atoms with E-state index in [1.807, 2.05) is 6.07 Å². The van der Waals surface area contributed by atoms with E-state index in [-0.39, 0.29) is 17.4 Å². The Morgan fingerprint density at radius 1 is 1.32 bits per heavy atom. The Morgan fingerprint density at radius 2 is 1.95 bits per heavy atom. The summed E-state index contributed by atoms with van der Waals surface area (Å²) in [5, 5.41) is 0. The van der Waals surface area contributed by atoms with Crippen molar-refractivity contribution in [1.82, 2.24) is 4.90 Å². The van der Waals surface area contributed by atoms with Gasteiger partial charge in [0.1, 0.15) is 5.82 Å². The molecule has 4 heteroatoms. The molecule has 0 spiro atoms. The summed E-state index contributed by atoms with van der Waals surface area (Å²) in [6, 6.07) is 5.05. The molecule has 0 aliphatic carbocycles. The monoisotopic (exact) mass is 266 g/mol. The van der Waals surface area contributed by atoms with E-state index in [1.165, 1.54) is 0 Å². The third kappa shape index (κ3) is 2.96. The van der Waals surface area contributed by atoms with Crippen LogP contribution in [-0.2, 0) is 4.74 Å². The van der Waals surface area contributed by atoms with Gasteiger partial charge in [0.25, 0.3) is 0 Å². The van der Waals surface area contributed by atoms with Crippen molar-refractivity contribution in [2.24, 2.45) is 5.73 Å². The lowest BCUT2D eigenvalue weighted by Gasteiger charge is -2.44. The summed E-state index contributed by atoms with van der Waals surface area (Å²) in [7, 11) is 0. The maximum Gasteiger partial charge on any atom is 0.126 e. The number of ether oxygens (including phenoxy) is 1. The van der Waals surface area contributed by atoms with Gasteiger partial charge < -0.3 is 10.5 Å². The van der Waals surface area contributed by atoms with Crippen LogP contribution < -0.4 is 5.73 Å². The van der Waals surface area contributed by atoms with E-state index in [9.17, 15) is 4.39 Å². The molecule has 1 aromatic carbocycles. The minimum Gasteiger partial charge on any atom is -0.379 e. The molecule has 1 heterocycles. The topological polar surface area (TPSA) is 38.5 Å². The van der Waals surface area contributed by atoms with Crippen LogP contribution in [0.5, 0.6) is 0 Å². The molecule has 106 valence electrons. The molecule has 1 aromatic rings. The first-order chi connectivity index (χ1) is 8.93. The molecule has 19 heavy (non-hydrogen) atoms. The Hall–Kier alpha value is -0.970. The molecule has 2 rings (SSSR count). The molecule has 1 aliphatic heterocycles. The summed E-state index contributed by atoms with van der Waals surface area (Å²) in [4.78, 5) is 2.32. The highest BCUT2D eigenvalue weighted by molar-refractivity contribution is 5.27. The van der Waals surface area contributed by atoms with Crippen molar-refractivity contribution in [3.8, 4) is 0 Å². The van der Waals surface area contributed by atoms with Gasteiger partial charge in [-0.3, -0.25) is 4.90 Å². The Bertz CT molecular complexity index is 442. The van der Waals surface area contributed by atoms with Gasteiger partial charge >= 0.3 is 0 Å². The summed E-state index contributed by atoms with van der Waals surface area (Å²) < 4.78 is 19.1. The zero-order valence-corrected chi connectivity index (χ0v) is 11.9. The van der Waals surface area contributed by atoms with Crippen LogP contribution in [0.25, 0.3) is 0 Å². The van der Waals surface area contributed by atoms with Crippen molar-refractivity contribution in [3.05, 3.63) is 35.1 Å². The second-order valence-electron chi connectivity index (χ2n) is 5.74. The Kier molecular flexibility index (Phi) is 4.23. The number of benzene rings is 1. The standard InChI is InChI=1S/C15H23FN2O/c1-11-4-5-12(10-13(11)16)14(17)15(2,3)18-6-8-19-9-7-18/h4-5,10,14H,6-9,17H2,1-3H3. The van der Waals surface area contributed by atoms with Crippen LogP contribution >= 0.6 is 0 Å². The molecule has 1 atom stereocenters. The molecule has 0 bridgehead atoms. The average Bonchev–Trinajstić information content (AvgIpc) is 2.42. The van der Waals surface area contributed by atoms with Crippen LogP contribution in [0.15, 0.2) is 18.2 Å². The van der Waals surface area contributed by atoms with Crippen LogP contribution in [0, 0.1) is 12.7 Å². The molecule has 1 saturated heterocycles. The van der Waals surface area contributed by atoms with Gasteiger partial charge in [-0.05, 0) is 38.0 Å². The van der Waals surface area contributed by atoms with Crippen LogP contribution in [-0.4, -0.2) is 36.7 Å². The first-order valence-electron chi connectivity index (χ1n) is 6.77. The van der Waals surface area contributed by atoms with Crippen LogP contribution in [0.1, 0.15) is 31.0 Å². The molecular formula is C15H23FN2O. The number of nitrogens with zero attached hydrogens (tertiary/aromatic N) is 1. The second kappa shape index (κ2) is 5.57. The van der Waals surface area contributed by atoms with Gasteiger partial charge in [0, 0.05) is 24.7 Å². The van der Waals surface area contributed by atoms with Gasteiger partial charge in [-0.2, -0.15) is 0 Å². The van der Waals surface area contributed by atoms with Crippen molar-refractivity contribution in [2.75, 3.05) is 26.3 Å². The zero-order valence-electron chi connectivity index (χ0n) is 11.9. The van der Waals surface area contributed by atoms with Gasteiger partial charge in [0.2, 0.25) is 0 Å². The zero-order chi connectivity index (χ0) is 14.0. The highest BCUT2D eigenvalue weighted by Gasteiger charge is 2.35. The number of hydrogen-bond donors (Lipinski definition) is 1. The summed E-state index contributed by atoms with van der Waals surface area (Å²) in [6.07, 6.45) is 0. The molecular weight excluding hydrogens is 243 g/mol. The normalized spacial score (nSPS) is 19.4. The average molecular weight is 266 g/mol. The van der Waals surface area contributed by atoms with E-state index in [0.717, 1.165) is 31.9 Å². The summed E-state index contributed by atoms with van der Waals surface area (Å²) in [5.41, 5.74) is 7.66. The van der Waals surface area contributed by atoms with E-state index in [0.29, 0.717) is 5.56 Å². The minimum absolute atomic E-state index is 0.189. The Labute approximate surface area is 114 Å². The predicted octanol–water partition coefficient (Wildman–Crippen LogP) is 2.24. The van der Waals surface area contributed by atoms with Crippen molar-refractivity contribution in [2.45, 2.75) is 32.4 Å². The van der Waals surface area contributed by atoms with Crippen molar-refractivity contribution in [1.29, 1.82) is 0 Å². The molecule has 3 nitrogen and oxygen atoms in total. The van der Waals surface area contributed by atoms with Crippen molar-refractivity contribution < 1.29 is 9.13 Å². The molecule has 1 fully saturated rings. The second-order valence-corrected chi connectivity index (χ2v) is 5.74. The fourth-order valence-corrected chi connectivity index (χ4v) is 2.55. The van der Waals surface area contributed by atoms with E-state index < -0.39 is 0 Å². The lowest BCUT2D eigenvalue weighted by molar-refractivity contribution is -0.0190. The predicted molar refractivity (Wildman–Crippen MR) is 74.5 cm³/mol. The van der Waals surface area contributed by atoms with E-state index in [1.54, 1.807) is 19.1 Å². The largest absolute Gasteiger partial charge is 0.379 e. The Balaban J connectivity index is 2.20. The number of aryl methyl sites for hydroxylation is 1. The van der Waals surface area contributed by atoms with Gasteiger partial charge in [0.05, 0.1) is 13.2 Å². The Morgan fingerprint density at radius 3 is 2.53 bits per heavy atom. The van der Waals surface area contributed by atoms with E-state index in [2.05, 4.69) is 18.7 Å². The maximum atomic E-state index is 13.7. The quantitative estimate of drug-likeness (QED) is 0.912. The van der Waals surface area contributed by atoms with E-state index >= 15 is 0 Å². The molecule has 0 amide bonds. The lowest BCUT2D eigenvalue weighted by Crippen LogP contribution is -2.55. The number of nitrogens with two attached hydrogens (primary N) is 1. The lowest BCUT2D eigenvalue weighted by atomic mass is 9.87. The van der Waals surface area contributed by atoms with Crippen LogP contribution in [0.2, 0.25) is 0 Å². The number of hydrogen-bond acceptors (Lipinski definition) is 3. The highest BCUT2D eigenvalue weighted by Crippen LogP contribution is 2.30. The highest BCUT2D eigenvalue weighted by atomic mass is 19.1. The van der Waals surface area contributed by atoms with Gasteiger partial charge in [0.15, 0.2) is 0 Å². The fraction of sp³-hybridized carbons (Fsp3) is 0.600. The number of morpholine rings is 1. The van der Waals surface area contributed by atoms with E-state index in [4.69, 9.17) is 10.5 Å². The first kappa shape index (κ1) is 14.4. The molecule has 1 aliphatic rings. The van der Waals surface area contributed by atoms with Gasteiger partial charge in [-0.1, -0.05) is 12.1 Å². The molecule has 0 radical (unpaired) electrons. The summed E-state index contributed by atoms with van der Waals surface area (Å²) in [5.74, 6) is -0.189.